The molecule has 2 aromatic heterocycles. The van der Waals surface area contributed by atoms with Crippen LogP contribution in [0, 0.1) is 0 Å². The fraction of sp³-hybridized carbons (Fsp3) is 0. The fourth-order valence-corrected chi connectivity index (χ4v) is 8.31. The Hall–Kier alpha value is -8.21. The molecule has 4 nitrogen and oxygen atoms in total. The molecule has 0 bridgehead atoms. The van der Waals surface area contributed by atoms with Crippen LogP contribution < -0.4 is 0 Å². The molecule has 9 aromatic carbocycles. The van der Waals surface area contributed by atoms with Gasteiger partial charge in [-0.2, -0.15) is 0 Å². The molecule has 0 spiro atoms. The smallest absolute Gasteiger partial charge is 0.164 e. The second-order valence-corrected chi connectivity index (χ2v) is 15.2. The van der Waals surface area contributed by atoms with Crippen LogP contribution in [0.15, 0.2) is 229 Å². The summed E-state index contributed by atoms with van der Waals surface area (Å²) in [6.07, 6.45) is 0. The number of rotatable bonds is 8. The Morgan fingerprint density at radius 1 is 0.246 bits per heavy atom. The molecule has 61 heavy (non-hydrogen) atoms. The van der Waals surface area contributed by atoms with E-state index < -0.39 is 0 Å². The van der Waals surface area contributed by atoms with Crippen LogP contribution >= 0.6 is 0 Å². The van der Waals surface area contributed by atoms with E-state index in [-0.39, 0.29) is 0 Å². The molecule has 0 fully saturated rings. The maximum atomic E-state index is 6.49. The third-order valence-electron chi connectivity index (χ3n) is 11.4. The summed E-state index contributed by atoms with van der Waals surface area (Å²) in [5, 5.41) is 1.97. The first-order valence-corrected chi connectivity index (χ1v) is 20.5. The van der Waals surface area contributed by atoms with Gasteiger partial charge in [0, 0.05) is 27.5 Å². The van der Waals surface area contributed by atoms with Gasteiger partial charge in [0.2, 0.25) is 0 Å². The summed E-state index contributed by atoms with van der Waals surface area (Å²) in [4.78, 5) is 15.3. The van der Waals surface area contributed by atoms with Gasteiger partial charge in [-0.3, -0.25) is 0 Å². The highest BCUT2D eigenvalue weighted by atomic mass is 16.3. The van der Waals surface area contributed by atoms with Crippen LogP contribution in [-0.2, 0) is 0 Å². The lowest BCUT2D eigenvalue weighted by Gasteiger charge is -2.13. The Labute approximate surface area is 354 Å². The molecular formula is C57H37N3O. The molecule has 0 radical (unpaired) electrons. The van der Waals surface area contributed by atoms with Crippen molar-refractivity contribution in [2.45, 2.75) is 0 Å². The molecule has 0 N–H and O–H groups in total. The largest absolute Gasteiger partial charge is 0.456 e. The van der Waals surface area contributed by atoms with Gasteiger partial charge in [0.05, 0.1) is 0 Å². The number of hydrogen-bond donors (Lipinski definition) is 0. The number of nitrogens with zero attached hydrogens (tertiary/aromatic N) is 3. The summed E-state index contributed by atoms with van der Waals surface area (Å²) in [6, 6.07) is 78.3. The second-order valence-electron chi connectivity index (χ2n) is 15.2. The van der Waals surface area contributed by atoms with Gasteiger partial charge in [0.1, 0.15) is 11.2 Å². The minimum absolute atomic E-state index is 0.588. The topological polar surface area (TPSA) is 51.8 Å². The molecule has 0 saturated heterocycles. The molecule has 0 saturated carbocycles. The Morgan fingerprint density at radius 3 is 1.38 bits per heavy atom. The molecule has 0 unspecified atom stereocenters. The van der Waals surface area contributed by atoms with Crippen molar-refractivity contribution in [3.05, 3.63) is 224 Å². The maximum Gasteiger partial charge on any atom is 0.164 e. The Balaban J connectivity index is 0.990. The van der Waals surface area contributed by atoms with Crippen molar-refractivity contribution in [2.75, 3.05) is 0 Å². The van der Waals surface area contributed by atoms with Crippen LogP contribution in [-0.4, -0.2) is 15.0 Å². The van der Waals surface area contributed by atoms with E-state index in [9.17, 15) is 0 Å². The molecule has 286 valence electrons. The molecule has 0 aliphatic heterocycles. The Morgan fingerprint density at radius 2 is 0.705 bits per heavy atom. The average molecular weight is 780 g/mol. The van der Waals surface area contributed by atoms with Crippen molar-refractivity contribution in [2.24, 2.45) is 0 Å². The van der Waals surface area contributed by atoms with Crippen LogP contribution in [0.25, 0.3) is 112 Å². The molecular weight excluding hydrogens is 743 g/mol. The Kier molecular flexibility index (Phi) is 9.14. The summed E-state index contributed by atoms with van der Waals surface area (Å²) in [6.45, 7) is 0. The zero-order chi connectivity index (χ0) is 40.5. The van der Waals surface area contributed by atoms with E-state index in [0.717, 1.165) is 66.4 Å². The number of furan rings is 1. The van der Waals surface area contributed by atoms with Crippen molar-refractivity contribution in [3.63, 3.8) is 0 Å². The predicted octanol–water partition coefficient (Wildman–Crippen LogP) is 15.1. The van der Waals surface area contributed by atoms with Crippen molar-refractivity contribution in [1.29, 1.82) is 0 Å². The zero-order valence-electron chi connectivity index (χ0n) is 33.1. The summed E-state index contributed by atoms with van der Waals surface area (Å²) >= 11 is 0. The average Bonchev–Trinajstić information content (AvgIpc) is 3.73. The van der Waals surface area contributed by atoms with E-state index >= 15 is 0 Å². The Bertz CT molecular complexity index is 3320. The van der Waals surface area contributed by atoms with Crippen LogP contribution in [0.4, 0.5) is 0 Å². The fourth-order valence-electron chi connectivity index (χ4n) is 8.31. The molecule has 11 rings (SSSR count). The van der Waals surface area contributed by atoms with Crippen LogP contribution in [0.2, 0.25) is 0 Å². The predicted molar refractivity (Wildman–Crippen MR) is 251 cm³/mol. The van der Waals surface area contributed by atoms with E-state index in [1.807, 2.05) is 48.5 Å². The summed E-state index contributed by atoms with van der Waals surface area (Å²) < 4.78 is 6.49. The quantitative estimate of drug-likeness (QED) is 0.154. The van der Waals surface area contributed by atoms with Crippen LogP contribution in [0.1, 0.15) is 0 Å². The highest BCUT2D eigenvalue weighted by molar-refractivity contribution is 6.12. The lowest BCUT2D eigenvalue weighted by atomic mass is 9.90. The lowest BCUT2D eigenvalue weighted by Crippen LogP contribution is -2.00. The second kappa shape index (κ2) is 15.5. The van der Waals surface area contributed by atoms with E-state index in [1.54, 1.807) is 0 Å². The van der Waals surface area contributed by atoms with Gasteiger partial charge in [-0.05, 0) is 86.0 Å². The monoisotopic (exact) mass is 779 g/mol. The van der Waals surface area contributed by atoms with Crippen molar-refractivity contribution in [1.82, 2.24) is 15.0 Å². The maximum absolute atomic E-state index is 6.49. The summed E-state index contributed by atoms with van der Waals surface area (Å²) in [5.41, 5.74) is 15.9. The first kappa shape index (κ1) is 35.9. The third kappa shape index (κ3) is 6.96. The van der Waals surface area contributed by atoms with Gasteiger partial charge in [-0.25, -0.2) is 15.0 Å². The van der Waals surface area contributed by atoms with Gasteiger partial charge in [-0.1, -0.05) is 194 Å². The third-order valence-corrected chi connectivity index (χ3v) is 11.4. The van der Waals surface area contributed by atoms with Crippen molar-refractivity contribution in [3.8, 4) is 89.8 Å². The van der Waals surface area contributed by atoms with Gasteiger partial charge in [-0.15, -0.1) is 0 Å². The standard InChI is InChI=1S/C57H37N3O/c1-5-15-38(16-6-1)44-23-13-24-47(35-44)56-58-55(43-21-11-4-12-22-43)59-57(60-56)49-25-14-26-53-54(49)51-37-46(32-34-52(51)61-53)40-29-27-39(28-30-40)45-31-33-48(41-17-7-2-8-18-41)50(36-45)42-19-9-3-10-20-42/h1-37H. The minimum Gasteiger partial charge on any atom is -0.456 e. The van der Waals surface area contributed by atoms with Crippen LogP contribution in [0.3, 0.4) is 0 Å². The SMILES string of the molecule is c1ccc(-c2cccc(-c3nc(-c4ccccc4)nc(-c4cccc5oc6ccc(-c7ccc(-c8ccc(-c9ccccc9)c(-c9ccccc9)c8)cc7)cc6c45)n3)c2)cc1. The van der Waals surface area contributed by atoms with E-state index in [1.165, 1.54) is 27.8 Å². The van der Waals surface area contributed by atoms with Gasteiger partial charge < -0.3 is 4.42 Å². The highest BCUT2D eigenvalue weighted by Gasteiger charge is 2.19. The molecule has 0 aliphatic rings. The highest BCUT2D eigenvalue weighted by Crippen LogP contribution is 2.40. The number of hydrogen-bond acceptors (Lipinski definition) is 4. The van der Waals surface area contributed by atoms with Gasteiger partial charge in [0.25, 0.3) is 0 Å². The molecule has 2 heterocycles. The van der Waals surface area contributed by atoms with Gasteiger partial charge in [0.15, 0.2) is 17.5 Å². The summed E-state index contributed by atoms with van der Waals surface area (Å²) in [7, 11) is 0. The number of aromatic nitrogens is 3. The van der Waals surface area contributed by atoms with E-state index in [0.29, 0.717) is 17.5 Å². The normalized spacial score (nSPS) is 11.3. The summed E-state index contributed by atoms with van der Waals surface area (Å²) in [5.74, 6) is 1.81. The molecule has 4 heteroatoms. The zero-order valence-corrected chi connectivity index (χ0v) is 33.1. The molecule has 11 aromatic rings. The van der Waals surface area contributed by atoms with Crippen molar-refractivity contribution < 1.29 is 4.42 Å². The minimum atomic E-state index is 0.588. The first-order chi connectivity index (χ1) is 30.2. The molecule has 0 amide bonds. The van der Waals surface area contributed by atoms with Crippen molar-refractivity contribution >= 4 is 21.9 Å². The number of fused-ring (bicyclic) bond motifs is 3. The van der Waals surface area contributed by atoms with E-state index in [4.69, 9.17) is 19.4 Å². The van der Waals surface area contributed by atoms with Crippen LogP contribution in [0.5, 0.6) is 0 Å². The first-order valence-electron chi connectivity index (χ1n) is 20.5. The lowest BCUT2D eigenvalue weighted by molar-refractivity contribution is 0.669. The van der Waals surface area contributed by atoms with E-state index in [2.05, 4.69) is 176 Å². The molecule has 0 atom stereocenters. The van der Waals surface area contributed by atoms with Gasteiger partial charge >= 0.3 is 0 Å². The number of benzene rings is 9. The molecule has 0 aliphatic carbocycles.